The highest BCUT2D eigenvalue weighted by molar-refractivity contribution is 5.90. The molecule has 0 radical (unpaired) electrons. The average molecular weight is 386 g/mol. The second-order valence-electron chi connectivity index (χ2n) is 6.86. The number of hydrogen-bond donors (Lipinski definition) is 2. The molecule has 1 aromatic carbocycles. The van der Waals surface area contributed by atoms with E-state index in [1.807, 2.05) is 0 Å². The lowest BCUT2D eigenvalue weighted by atomic mass is 9.91. The first-order chi connectivity index (χ1) is 13.5. The summed E-state index contributed by atoms with van der Waals surface area (Å²) in [6.45, 7) is 1.52. The highest BCUT2D eigenvalue weighted by Gasteiger charge is 2.22. The number of rotatable bonds is 5. The van der Waals surface area contributed by atoms with E-state index >= 15 is 0 Å². The van der Waals surface area contributed by atoms with E-state index in [4.69, 9.17) is 4.74 Å². The third-order valence-corrected chi connectivity index (χ3v) is 4.77. The summed E-state index contributed by atoms with van der Waals surface area (Å²) in [6.07, 6.45) is 4.58. The van der Waals surface area contributed by atoms with Crippen molar-refractivity contribution in [2.24, 2.45) is 0 Å². The predicted octanol–water partition coefficient (Wildman–Crippen LogP) is 2.93. The molecule has 1 fully saturated rings. The summed E-state index contributed by atoms with van der Waals surface area (Å²) in [5.74, 6) is -0.743. The number of methoxy groups -OCH3 is 1. The molecule has 1 aliphatic rings. The zero-order valence-electron chi connectivity index (χ0n) is 15.9. The molecule has 0 spiro atoms. The Kier molecular flexibility index (Phi) is 6.18. The number of amides is 1. The van der Waals surface area contributed by atoms with Gasteiger partial charge in [-0.05, 0) is 37.8 Å². The summed E-state index contributed by atoms with van der Waals surface area (Å²) in [7, 11) is 1.29. The zero-order chi connectivity index (χ0) is 20.1. The number of benzene rings is 1. The largest absolute Gasteiger partial charge is 0.465 e. The van der Waals surface area contributed by atoms with Gasteiger partial charge < -0.3 is 15.4 Å². The third-order valence-electron chi connectivity index (χ3n) is 4.77. The van der Waals surface area contributed by atoms with E-state index in [0.717, 1.165) is 31.9 Å². The summed E-state index contributed by atoms with van der Waals surface area (Å²) in [5.41, 5.74) is 0.916. The van der Waals surface area contributed by atoms with Gasteiger partial charge in [0, 0.05) is 24.6 Å². The Labute approximate surface area is 162 Å². The van der Waals surface area contributed by atoms with Crippen molar-refractivity contribution in [3.63, 3.8) is 0 Å². The molecule has 0 aliphatic heterocycles. The van der Waals surface area contributed by atoms with Crippen molar-refractivity contribution in [2.45, 2.75) is 44.7 Å². The molecule has 1 saturated carbocycles. The minimum absolute atomic E-state index is 0.0166. The number of nitrogens with one attached hydrogen (secondary N) is 2. The smallest absolute Gasteiger partial charge is 0.337 e. The van der Waals surface area contributed by atoms with Gasteiger partial charge >= 0.3 is 5.97 Å². The Bertz CT molecular complexity index is 866. The fraction of sp³-hybridized carbons (Fsp3) is 0.400. The number of aromatic nitrogens is 2. The maximum absolute atomic E-state index is 14.3. The molecular formula is C20H23FN4O3. The van der Waals surface area contributed by atoms with Crippen LogP contribution < -0.4 is 10.6 Å². The highest BCUT2D eigenvalue weighted by Crippen LogP contribution is 2.25. The Morgan fingerprint density at radius 2 is 1.89 bits per heavy atom. The normalized spacial score (nSPS) is 19.0. The molecule has 2 N–H and O–H groups in total. The second-order valence-corrected chi connectivity index (χ2v) is 6.86. The van der Waals surface area contributed by atoms with Crippen LogP contribution in [-0.2, 0) is 9.53 Å². The van der Waals surface area contributed by atoms with Gasteiger partial charge in [0.1, 0.15) is 5.69 Å². The number of hydrogen-bond acceptors (Lipinski definition) is 6. The van der Waals surface area contributed by atoms with E-state index < -0.39 is 11.8 Å². The molecule has 3 rings (SSSR count). The van der Waals surface area contributed by atoms with Gasteiger partial charge in [0.2, 0.25) is 11.9 Å². The van der Waals surface area contributed by atoms with Crippen LogP contribution in [0.25, 0.3) is 11.3 Å². The number of esters is 1. The quantitative estimate of drug-likeness (QED) is 0.768. The highest BCUT2D eigenvalue weighted by atomic mass is 19.1. The maximum Gasteiger partial charge on any atom is 0.337 e. The van der Waals surface area contributed by atoms with Crippen molar-refractivity contribution in [2.75, 3.05) is 12.4 Å². The lowest BCUT2D eigenvalue weighted by Gasteiger charge is -2.29. The maximum atomic E-state index is 14.3. The molecule has 0 unspecified atom stereocenters. The van der Waals surface area contributed by atoms with Crippen molar-refractivity contribution in [1.82, 2.24) is 15.3 Å². The van der Waals surface area contributed by atoms with E-state index in [1.54, 1.807) is 24.3 Å². The molecule has 8 heteroatoms. The second kappa shape index (κ2) is 8.77. The van der Waals surface area contributed by atoms with E-state index in [9.17, 15) is 14.0 Å². The molecule has 1 amide bonds. The number of ether oxygens (including phenoxy) is 1. The van der Waals surface area contributed by atoms with Gasteiger partial charge in [-0.25, -0.2) is 19.2 Å². The molecule has 1 aliphatic carbocycles. The van der Waals surface area contributed by atoms with Crippen molar-refractivity contribution in [1.29, 1.82) is 0 Å². The summed E-state index contributed by atoms with van der Waals surface area (Å²) in [5, 5.41) is 6.19. The number of anilines is 1. The molecule has 0 bridgehead atoms. The van der Waals surface area contributed by atoms with Gasteiger partial charge in [0.25, 0.3) is 0 Å². The van der Waals surface area contributed by atoms with Crippen LogP contribution in [0.4, 0.5) is 10.3 Å². The number of carbonyl (C=O) groups excluding carboxylic acids is 2. The Morgan fingerprint density at radius 3 is 2.57 bits per heavy atom. The van der Waals surface area contributed by atoms with Gasteiger partial charge in [-0.15, -0.1) is 0 Å². The number of carbonyl (C=O) groups is 2. The molecule has 148 valence electrons. The topological polar surface area (TPSA) is 93.2 Å². The molecule has 0 saturated heterocycles. The van der Waals surface area contributed by atoms with Crippen molar-refractivity contribution in [3.05, 3.63) is 41.8 Å². The zero-order valence-corrected chi connectivity index (χ0v) is 15.9. The molecule has 7 nitrogen and oxygen atoms in total. The van der Waals surface area contributed by atoms with Crippen LogP contribution in [0.15, 0.2) is 30.5 Å². The number of halogens is 1. The first-order valence-corrected chi connectivity index (χ1v) is 9.21. The molecule has 2 aromatic rings. The van der Waals surface area contributed by atoms with Gasteiger partial charge in [0.15, 0.2) is 5.82 Å². The van der Waals surface area contributed by atoms with E-state index in [2.05, 4.69) is 20.6 Å². The minimum Gasteiger partial charge on any atom is -0.465 e. The minimum atomic E-state index is -0.568. The third kappa shape index (κ3) is 4.82. The number of nitrogens with zero attached hydrogens (tertiary/aromatic N) is 2. The van der Waals surface area contributed by atoms with Gasteiger partial charge in [-0.3, -0.25) is 4.79 Å². The van der Waals surface area contributed by atoms with Gasteiger partial charge in [0.05, 0.1) is 18.9 Å². The lowest BCUT2D eigenvalue weighted by Crippen LogP contribution is -2.39. The summed E-state index contributed by atoms with van der Waals surface area (Å²) in [6, 6.07) is 6.83. The first-order valence-electron chi connectivity index (χ1n) is 9.21. The Hall–Kier alpha value is -3.03. The Balaban J connectivity index is 1.72. The van der Waals surface area contributed by atoms with E-state index in [0.29, 0.717) is 17.1 Å². The fourth-order valence-electron chi connectivity index (χ4n) is 3.40. The summed E-state index contributed by atoms with van der Waals surface area (Å²) < 4.78 is 19.0. The SMILES string of the molecule is COC(=O)c1cccc(-c2nc(NC3CCC(NC(C)=O)CC3)ncc2F)c1. The fourth-order valence-corrected chi connectivity index (χ4v) is 3.40. The van der Waals surface area contributed by atoms with Crippen LogP contribution in [0.5, 0.6) is 0 Å². The predicted molar refractivity (Wildman–Crippen MR) is 102 cm³/mol. The van der Waals surface area contributed by atoms with Gasteiger partial charge in [-0.2, -0.15) is 0 Å². The van der Waals surface area contributed by atoms with Crippen molar-refractivity contribution < 1.29 is 18.7 Å². The van der Waals surface area contributed by atoms with Crippen LogP contribution in [0.1, 0.15) is 43.0 Å². The molecule has 28 heavy (non-hydrogen) atoms. The van der Waals surface area contributed by atoms with Gasteiger partial charge in [-0.1, -0.05) is 12.1 Å². The van der Waals surface area contributed by atoms with Crippen LogP contribution in [0.2, 0.25) is 0 Å². The van der Waals surface area contributed by atoms with Crippen molar-refractivity contribution in [3.8, 4) is 11.3 Å². The summed E-state index contributed by atoms with van der Waals surface area (Å²) >= 11 is 0. The molecular weight excluding hydrogens is 363 g/mol. The van der Waals surface area contributed by atoms with Crippen LogP contribution in [0.3, 0.4) is 0 Å². The molecule has 1 aromatic heterocycles. The van der Waals surface area contributed by atoms with Crippen LogP contribution in [-0.4, -0.2) is 41.0 Å². The average Bonchev–Trinajstić information content (AvgIpc) is 2.70. The molecule has 0 atom stereocenters. The first kappa shape index (κ1) is 19.7. The van der Waals surface area contributed by atoms with E-state index in [1.165, 1.54) is 14.0 Å². The Morgan fingerprint density at radius 1 is 1.18 bits per heavy atom. The standard InChI is InChI=1S/C20H23FN4O3/c1-12(26)23-15-6-8-16(9-7-15)24-20-22-11-17(21)18(25-20)13-4-3-5-14(10-13)19(27)28-2/h3-5,10-11,15-16H,6-9H2,1-2H3,(H,23,26)(H,22,24,25). The van der Waals surface area contributed by atoms with E-state index in [-0.39, 0.29) is 23.7 Å². The molecule has 1 heterocycles. The van der Waals surface area contributed by atoms with Crippen LogP contribution in [0, 0.1) is 5.82 Å². The van der Waals surface area contributed by atoms with Crippen LogP contribution >= 0.6 is 0 Å². The lowest BCUT2D eigenvalue weighted by molar-refractivity contribution is -0.119. The summed E-state index contributed by atoms with van der Waals surface area (Å²) in [4.78, 5) is 31.2. The monoisotopic (exact) mass is 386 g/mol. The van der Waals surface area contributed by atoms with Crippen molar-refractivity contribution >= 4 is 17.8 Å².